The lowest BCUT2D eigenvalue weighted by Gasteiger charge is -2.26. The van der Waals surface area contributed by atoms with Crippen LogP contribution in [0.4, 0.5) is 11.6 Å². The maximum absolute atomic E-state index is 12.6. The van der Waals surface area contributed by atoms with Crippen LogP contribution in [0.1, 0.15) is 40.9 Å². The van der Waals surface area contributed by atoms with E-state index in [4.69, 9.17) is 11.6 Å². The van der Waals surface area contributed by atoms with Gasteiger partial charge in [-0.05, 0) is 56.4 Å². The predicted molar refractivity (Wildman–Crippen MR) is 97.0 cm³/mol. The van der Waals surface area contributed by atoms with Crippen LogP contribution in [0.5, 0.6) is 0 Å². The topological polar surface area (TPSA) is 58.1 Å². The molecule has 1 N–H and O–H groups in total. The second kappa shape index (κ2) is 7.18. The number of amides is 1. The van der Waals surface area contributed by atoms with Crippen molar-refractivity contribution in [1.29, 1.82) is 0 Å². The van der Waals surface area contributed by atoms with E-state index < -0.39 is 0 Å². The first-order valence-corrected chi connectivity index (χ1v) is 8.58. The molecule has 1 aromatic carbocycles. The second-order valence-corrected chi connectivity index (χ2v) is 6.59. The minimum atomic E-state index is -0.274. The van der Waals surface area contributed by atoms with Gasteiger partial charge < -0.3 is 10.2 Å². The Morgan fingerprint density at radius 1 is 1.21 bits per heavy atom. The highest BCUT2D eigenvalue weighted by atomic mass is 35.5. The Bertz CT molecular complexity index is 733. The van der Waals surface area contributed by atoms with E-state index in [1.807, 2.05) is 26.0 Å². The van der Waals surface area contributed by atoms with Crippen LogP contribution in [0.2, 0.25) is 5.02 Å². The summed E-state index contributed by atoms with van der Waals surface area (Å²) in [6, 6.07) is 5.45. The summed E-state index contributed by atoms with van der Waals surface area (Å²) in [5.41, 5.74) is 2.97. The first kappa shape index (κ1) is 16.7. The zero-order valence-corrected chi connectivity index (χ0v) is 14.7. The minimum absolute atomic E-state index is 0.274. The Morgan fingerprint density at radius 2 is 1.96 bits per heavy atom. The third kappa shape index (κ3) is 3.67. The molecule has 24 heavy (non-hydrogen) atoms. The summed E-state index contributed by atoms with van der Waals surface area (Å²) in [5, 5.41) is 3.41. The molecule has 0 saturated carbocycles. The number of piperidine rings is 1. The smallest absolute Gasteiger partial charge is 0.274 e. The number of benzene rings is 1. The molecule has 0 aliphatic carbocycles. The summed E-state index contributed by atoms with van der Waals surface area (Å²) < 4.78 is 0. The average Bonchev–Trinajstić information content (AvgIpc) is 2.59. The van der Waals surface area contributed by atoms with Gasteiger partial charge >= 0.3 is 0 Å². The van der Waals surface area contributed by atoms with Crippen molar-refractivity contribution in [2.75, 3.05) is 23.3 Å². The first-order chi connectivity index (χ1) is 11.5. The van der Waals surface area contributed by atoms with Crippen LogP contribution in [0.15, 0.2) is 24.4 Å². The average molecular weight is 345 g/mol. The number of anilines is 2. The summed E-state index contributed by atoms with van der Waals surface area (Å²) in [6.45, 7) is 5.77. The number of carbonyl (C=O) groups is 1. The molecule has 0 radical (unpaired) electrons. The van der Waals surface area contributed by atoms with Crippen molar-refractivity contribution in [2.24, 2.45) is 0 Å². The molecular formula is C18H21ClN4O. The van der Waals surface area contributed by atoms with Crippen LogP contribution in [0, 0.1) is 13.8 Å². The molecule has 5 nitrogen and oxygen atoms in total. The number of halogens is 1. The number of aromatic nitrogens is 2. The summed E-state index contributed by atoms with van der Waals surface area (Å²) in [5.74, 6) is 0.346. The number of hydrogen-bond donors (Lipinski definition) is 1. The molecule has 0 unspecified atom stereocenters. The van der Waals surface area contributed by atoms with Gasteiger partial charge in [0.05, 0.1) is 10.7 Å². The normalized spacial score (nSPS) is 14.5. The molecule has 2 aromatic rings. The number of hydrogen-bond acceptors (Lipinski definition) is 4. The van der Waals surface area contributed by atoms with Gasteiger partial charge in [-0.2, -0.15) is 0 Å². The van der Waals surface area contributed by atoms with E-state index >= 15 is 0 Å². The third-order valence-electron chi connectivity index (χ3n) is 4.18. The fourth-order valence-corrected chi connectivity index (χ4v) is 3.34. The maximum Gasteiger partial charge on any atom is 0.274 e. The molecule has 0 bridgehead atoms. The Balaban J connectivity index is 1.80. The highest BCUT2D eigenvalue weighted by Crippen LogP contribution is 2.27. The highest BCUT2D eigenvalue weighted by molar-refractivity contribution is 6.34. The number of rotatable bonds is 3. The molecule has 2 heterocycles. The number of aryl methyl sites for hydroxylation is 2. The highest BCUT2D eigenvalue weighted by Gasteiger charge is 2.17. The van der Waals surface area contributed by atoms with Gasteiger partial charge in [-0.1, -0.05) is 17.7 Å². The number of carbonyl (C=O) groups excluding carboxylic acids is 1. The molecule has 1 amide bonds. The molecule has 0 spiro atoms. The van der Waals surface area contributed by atoms with Crippen molar-refractivity contribution in [1.82, 2.24) is 9.97 Å². The Labute approximate surface area is 147 Å². The van der Waals surface area contributed by atoms with Crippen molar-refractivity contribution < 1.29 is 4.79 Å². The van der Waals surface area contributed by atoms with Gasteiger partial charge in [0, 0.05) is 19.3 Å². The predicted octanol–water partition coefficient (Wildman–Crippen LogP) is 3.99. The third-order valence-corrected chi connectivity index (χ3v) is 4.48. The van der Waals surface area contributed by atoms with Gasteiger partial charge in [0.1, 0.15) is 5.69 Å². The molecule has 0 atom stereocenters. The van der Waals surface area contributed by atoms with Crippen molar-refractivity contribution in [3.05, 3.63) is 46.2 Å². The maximum atomic E-state index is 12.6. The largest absolute Gasteiger partial charge is 0.341 e. The molecule has 3 rings (SSSR count). The van der Waals surface area contributed by atoms with E-state index in [1.54, 1.807) is 12.3 Å². The molecule has 126 valence electrons. The SMILES string of the molecule is Cc1cc(C)c(NC(=O)c2ccnc(N3CCCCC3)n2)c(Cl)c1. The zero-order valence-electron chi connectivity index (χ0n) is 14.0. The molecule has 1 aliphatic rings. The molecular weight excluding hydrogens is 324 g/mol. The lowest BCUT2D eigenvalue weighted by Crippen LogP contribution is -2.31. The monoisotopic (exact) mass is 344 g/mol. The number of nitrogens with zero attached hydrogens (tertiary/aromatic N) is 3. The van der Waals surface area contributed by atoms with E-state index in [9.17, 15) is 4.79 Å². The van der Waals surface area contributed by atoms with Gasteiger partial charge in [0.2, 0.25) is 5.95 Å². The van der Waals surface area contributed by atoms with Gasteiger partial charge in [-0.25, -0.2) is 9.97 Å². The fourth-order valence-electron chi connectivity index (χ4n) is 2.97. The van der Waals surface area contributed by atoms with E-state index in [1.165, 1.54) is 6.42 Å². The minimum Gasteiger partial charge on any atom is -0.341 e. The van der Waals surface area contributed by atoms with E-state index in [-0.39, 0.29) is 5.91 Å². The molecule has 1 aliphatic heterocycles. The van der Waals surface area contributed by atoms with Gasteiger partial charge in [0.25, 0.3) is 5.91 Å². The summed E-state index contributed by atoms with van der Waals surface area (Å²) in [6.07, 6.45) is 5.15. The van der Waals surface area contributed by atoms with Crippen LogP contribution in [-0.4, -0.2) is 29.0 Å². The standard InChI is InChI=1S/C18H21ClN4O/c1-12-10-13(2)16(14(19)11-12)22-17(24)15-6-7-20-18(21-15)23-8-4-3-5-9-23/h6-7,10-11H,3-5,8-9H2,1-2H3,(H,22,24). The lowest BCUT2D eigenvalue weighted by molar-refractivity contribution is 0.102. The van der Waals surface area contributed by atoms with Crippen LogP contribution in [-0.2, 0) is 0 Å². The molecule has 6 heteroatoms. The Hall–Kier alpha value is -2.14. The number of nitrogens with one attached hydrogen (secondary N) is 1. The molecule has 1 saturated heterocycles. The van der Waals surface area contributed by atoms with Crippen LogP contribution in [0.3, 0.4) is 0 Å². The first-order valence-electron chi connectivity index (χ1n) is 8.20. The Kier molecular flexibility index (Phi) is 5.00. The van der Waals surface area contributed by atoms with Crippen LogP contribution in [0.25, 0.3) is 0 Å². The Morgan fingerprint density at radius 3 is 2.67 bits per heavy atom. The summed E-state index contributed by atoms with van der Waals surface area (Å²) in [4.78, 5) is 23.4. The summed E-state index contributed by atoms with van der Waals surface area (Å²) >= 11 is 6.26. The van der Waals surface area contributed by atoms with E-state index in [0.29, 0.717) is 22.4 Å². The van der Waals surface area contributed by atoms with Crippen molar-refractivity contribution in [3.8, 4) is 0 Å². The van der Waals surface area contributed by atoms with Crippen LogP contribution >= 0.6 is 11.6 Å². The second-order valence-electron chi connectivity index (χ2n) is 6.18. The zero-order chi connectivity index (χ0) is 17.1. The van der Waals surface area contributed by atoms with Gasteiger partial charge in [-0.3, -0.25) is 4.79 Å². The van der Waals surface area contributed by atoms with Gasteiger partial charge in [-0.15, -0.1) is 0 Å². The summed E-state index contributed by atoms with van der Waals surface area (Å²) in [7, 11) is 0. The fraction of sp³-hybridized carbons (Fsp3) is 0.389. The van der Waals surface area contributed by atoms with E-state index in [2.05, 4.69) is 20.2 Å². The molecule has 1 aromatic heterocycles. The van der Waals surface area contributed by atoms with E-state index in [0.717, 1.165) is 37.1 Å². The van der Waals surface area contributed by atoms with Crippen molar-refractivity contribution in [3.63, 3.8) is 0 Å². The lowest BCUT2D eigenvalue weighted by atomic mass is 10.1. The van der Waals surface area contributed by atoms with Crippen molar-refractivity contribution >= 4 is 29.1 Å². The van der Waals surface area contributed by atoms with Gasteiger partial charge in [0.15, 0.2) is 0 Å². The molecule has 1 fully saturated rings. The van der Waals surface area contributed by atoms with Crippen LogP contribution < -0.4 is 10.2 Å². The quantitative estimate of drug-likeness (QED) is 0.914. The van der Waals surface area contributed by atoms with Crippen molar-refractivity contribution in [2.45, 2.75) is 33.1 Å².